The molecule has 0 fully saturated rings. The molecular weight excluding hydrogens is 292 g/mol. The molecule has 5 heteroatoms. The van der Waals surface area contributed by atoms with Gasteiger partial charge in [0.1, 0.15) is 0 Å². The topological polar surface area (TPSA) is 71.3 Å². The second kappa shape index (κ2) is 7.85. The van der Waals surface area contributed by atoms with E-state index < -0.39 is 0 Å². The number of carbonyl (C=O) groups is 1. The Hall–Kier alpha value is -3.00. The Morgan fingerprint density at radius 3 is 2.52 bits per heavy atom. The zero-order valence-electron chi connectivity index (χ0n) is 13.1. The molecule has 1 N–H and O–H groups in total. The van der Waals surface area contributed by atoms with Crippen molar-refractivity contribution in [2.75, 3.05) is 19.0 Å². The molecule has 0 aliphatic rings. The van der Waals surface area contributed by atoms with Gasteiger partial charge in [0, 0.05) is 11.8 Å². The lowest BCUT2D eigenvalue weighted by molar-refractivity contribution is -0.118. The van der Waals surface area contributed by atoms with E-state index in [1.807, 2.05) is 30.3 Å². The molecule has 2 aromatic rings. The lowest BCUT2D eigenvalue weighted by atomic mass is 10.1. The summed E-state index contributed by atoms with van der Waals surface area (Å²) in [7, 11) is 1.48. The SMILES string of the molecule is CCc1ccc(NC(=O)COc2ccc(C#N)cc2OC)cc1. The summed E-state index contributed by atoms with van der Waals surface area (Å²) in [5, 5.41) is 11.6. The first kappa shape index (κ1) is 16.4. The largest absolute Gasteiger partial charge is 0.493 e. The standard InChI is InChI=1S/C18H18N2O3/c1-3-13-4-7-15(8-5-13)20-18(21)12-23-16-9-6-14(11-19)10-17(16)22-2/h4-10H,3,12H2,1-2H3,(H,20,21). The van der Waals surface area contributed by atoms with Crippen LogP contribution in [-0.4, -0.2) is 19.6 Å². The van der Waals surface area contributed by atoms with Crippen LogP contribution < -0.4 is 14.8 Å². The van der Waals surface area contributed by atoms with Gasteiger partial charge in [0.2, 0.25) is 0 Å². The van der Waals surface area contributed by atoms with E-state index in [9.17, 15) is 4.79 Å². The number of anilines is 1. The van der Waals surface area contributed by atoms with Gasteiger partial charge in [-0.15, -0.1) is 0 Å². The van der Waals surface area contributed by atoms with Gasteiger partial charge in [0.25, 0.3) is 5.91 Å². The van der Waals surface area contributed by atoms with Gasteiger partial charge in [-0.3, -0.25) is 4.79 Å². The van der Waals surface area contributed by atoms with Crippen molar-refractivity contribution in [3.8, 4) is 17.6 Å². The van der Waals surface area contributed by atoms with Crippen molar-refractivity contribution < 1.29 is 14.3 Å². The lowest BCUT2D eigenvalue weighted by Gasteiger charge is -2.11. The highest BCUT2D eigenvalue weighted by molar-refractivity contribution is 5.91. The Balaban J connectivity index is 1.95. The number of rotatable bonds is 6. The van der Waals surface area contributed by atoms with Crippen LogP contribution in [0.3, 0.4) is 0 Å². The smallest absolute Gasteiger partial charge is 0.262 e. The molecule has 0 atom stereocenters. The monoisotopic (exact) mass is 310 g/mol. The fraction of sp³-hybridized carbons (Fsp3) is 0.222. The molecule has 0 radical (unpaired) electrons. The number of hydrogen-bond donors (Lipinski definition) is 1. The Bertz CT molecular complexity index is 718. The highest BCUT2D eigenvalue weighted by Gasteiger charge is 2.09. The van der Waals surface area contributed by atoms with Crippen molar-refractivity contribution >= 4 is 11.6 Å². The average molecular weight is 310 g/mol. The summed E-state index contributed by atoms with van der Waals surface area (Å²) in [6, 6.07) is 14.5. The number of methoxy groups -OCH3 is 1. The average Bonchev–Trinajstić information content (AvgIpc) is 2.60. The van der Waals surface area contributed by atoms with Crippen LogP contribution in [0.4, 0.5) is 5.69 Å². The van der Waals surface area contributed by atoms with Gasteiger partial charge in [0.05, 0.1) is 18.7 Å². The molecule has 0 saturated heterocycles. The van der Waals surface area contributed by atoms with Crippen LogP contribution in [0.2, 0.25) is 0 Å². The molecule has 118 valence electrons. The molecule has 0 bridgehead atoms. The Morgan fingerprint density at radius 2 is 1.91 bits per heavy atom. The summed E-state index contributed by atoms with van der Waals surface area (Å²) < 4.78 is 10.6. The van der Waals surface area contributed by atoms with Crippen LogP contribution in [-0.2, 0) is 11.2 Å². The first-order chi connectivity index (χ1) is 11.2. The number of carbonyl (C=O) groups excluding carboxylic acids is 1. The number of nitriles is 1. The van der Waals surface area contributed by atoms with E-state index in [0.29, 0.717) is 17.1 Å². The number of ether oxygens (including phenoxy) is 2. The van der Waals surface area contributed by atoms with E-state index in [1.165, 1.54) is 12.7 Å². The highest BCUT2D eigenvalue weighted by Crippen LogP contribution is 2.27. The second-order valence-corrected chi connectivity index (χ2v) is 4.86. The second-order valence-electron chi connectivity index (χ2n) is 4.86. The third-order valence-electron chi connectivity index (χ3n) is 3.30. The molecule has 0 saturated carbocycles. The number of amides is 1. The first-order valence-corrected chi connectivity index (χ1v) is 7.26. The molecule has 0 heterocycles. The molecule has 5 nitrogen and oxygen atoms in total. The molecule has 0 spiro atoms. The van der Waals surface area contributed by atoms with Gasteiger partial charge in [0.15, 0.2) is 18.1 Å². The van der Waals surface area contributed by atoms with Gasteiger partial charge < -0.3 is 14.8 Å². The fourth-order valence-corrected chi connectivity index (χ4v) is 2.02. The summed E-state index contributed by atoms with van der Waals surface area (Å²) in [5.41, 5.74) is 2.40. The van der Waals surface area contributed by atoms with E-state index in [1.54, 1.807) is 18.2 Å². The maximum absolute atomic E-state index is 11.9. The maximum Gasteiger partial charge on any atom is 0.262 e. The third kappa shape index (κ3) is 4.48. The maximum atomic E-state index is 11.9. The van der Waals surface area contributed by atoms with Crippen molar-refractivity contribution in [1.29, 1.82) is 5.26 Å². The lowest BCUT2D eigenvalue weighted by Crippen LogP contribution is -2.20. The highest BCUT2D eigenvalue weighted by atomic mass is 16.5. The van der Waals surface area contributed by atoms with E-state index in [2.05, 4.69) is 12.2 Å². The van der Waals surface area contributed by atoms with Crippen molar-refractivity contribution in [3.63, 3.8) is 0 Å². The number of nitrogens with one attached hydrogen (secondary N) is 1. The normalized spacial score (nSPS) is 9.78. The third-order valence-corrected chi connectivity index (χ3v) is 3.30. The van der Waals surface area contributed by atoms with Gasteiger partial charge in [-0.25, -0.2) is 0 Å². The van der Waals surface area contributed by atoms with Crippen molar-refractivity contribution in [3.05, 3.63) is 53.6 Å². The summed E-state index contributed by atoms with van der Waals surface area (Å²) in [4.78, 5) is 11.9. The quantitative estimate of drug-likeness (QED) is 0.889. The summed E-state index contributed by atoms with van der Waals surface area (Å²) in [6.07, 6.45) is 0.954. The predicted molar refractivity (Wildman–Crippen MR) is 87.7 cm³/mol. The van der Waals surface area contributed by atoms with Gasteiger partial charge in [-0.2, -0.15) is 5.26 Å². The molecule has 0 aliphatic heterocycles. The molecule has 1 amide bonds. The van der Waals surface area contributed by atoms with Crippen molar-refractivity contribution in [2.45, 2.75) is 13.3 Å². The van der Waals surface area contributed by atoms with E-state index in [-0.39, 0.29) is 12.5 Å². The van der Waals surface area contributed by atoms with Gasteiger partial charge >= 0.3 is 0 Å². The van der Waals surface area contributed by atoms with E-state index >= 15 is 0 Å². The minimum Gasteiger partial charge on any atom is -0.493 e. The van der Waals surface area contributed by atoms with Crippen molar-refractivity contribution in [2.24, 2.45) is 0 Å². The Labute approximate surface area is 135 Å². The molecule has 2 rings (SSSR count). The number of nitrogens with zero attached hydrogens (tertiary/aromatic N) is 1. The van der Waals surface area contributed by atoms with Crippen LogP contribution in [0.1, 0.15) is 18.1 Å². The van der Waals surface area contributed by atoms with Gasteiger partial charge in [-0.05, 0) is 36.2 Å². The molecular formula is C18H18N2O3. The number of aryl methyl sites for hydroxylation is 1. The summed E-state index contributed by atoms with van der Waals surface area (Å²) in [5.74, 6) is 0.577. The first-order valence-electron chi connectivity index (χ1n) is 7.26. The van der Waals surface area contributed by atoms with E-state index in [0.717, 1.165) is 12.1 Å². The van der Waals surface area contributed by atoms with Crippen LogP contribution in [0.25, 0.3) is 0 Å². The van der Waals surface area contributed by atoms with Crippen molar-refractivity contribution in [1.82, 2.24) is 0 Å². The Morgan fingerprint density at radius 1 is 1.17 bits per heavy atom. The fourth-order valence-electron chi connectivity index (χ4n) is 2.02. The minimum absolute atomic E-state index is 0.141. The summed E-state index contributed by atoms with van der Waals surface area (Å²) >= 11 is 0. The van der Waals surface area contributed by atoms with Crippen LogP contribution in [0, 0.1) is 11.3 Å². The summed E-state index contributed by atoms with van der Waals surface area (Å²) in [6.45, 7) is 1.93. The van der Waals surface area contributed by atoms with E-state index in [4.69, 9.17) is 14.7 Å². The zero-order valence-corrected chi connectivity index (χ0v) is 13.1. The molecule has 2 aromatic carbocycles. The van der Waals surface area contributed by atoms with Gasteiger partial charge in [-0.1, -0.05) is 19.1 Å². The predicted octanol–water partition coefficient (Wildman–Crippen LogP) is 3.15. The zero-order chi connectivity index (χ0) is 16.7. The molecule has 0 unspecified atom stereocenters. The Kier molecular flexibility index (Phi) is 5.59. The number of benzene rings is 2. The molecule has 23 heavy (non-hydrogen) atoms. The van der Waals surface area contributed by atoms with Crippen LogP contribution in [0.5, 0.6) is 11.5 Å². The van der Waals surface area contributed by atoms with Crippen LogP contribution >= 0.6 is 0 Å². The molecule has 0 aromatic heterocycles. The number of hydrogen-bond acceptors (Lipinski definition) is 4. The molecule has 0 aliphatic carbocycles. The van der Waals surface area contributed by atoms with Crippen LogP contribution in [0.15, 0.2) is 42.5 Å². The minimum atomic E-state index is -0.263.